The number of carbonyl (C=O) groups excluding carboxylic acids is 2. The first kappa shape index (κ1) is 24.3. The second-order valence-corrected chi connectivity index (χ2v) is 10.4. The molecule has 8 heteroatoms. The molecule has 2 aliphatic carbocycles. The molecule has 0 unspecified atom stereocenters. The number of phenols is 1. The number of ketones is 2. The summed E-state index contributed by atoms with van der Waals surface area (Å²) in [7, 11) is 0. The van der Waals surface area contributed by atoms with Gasteiger partial charge in [-0.3, -0.25) is 9.59 Å². The Morgan fingerprint density at radius 1 is 1.11 bits per heavy atom. The molecule has 0 amide bonds. The van der Waals surface area contributed by atoms with Gasteiger partial charge in [-0.2, -0.15) is 0 Å². The highest BCUT2D eigenvalue weighted by Crippen LogP contribution is 2.67. The normalized spacial score (nSPS) is 28.2. The summed E-state index contributed by atoms with van der Waals surface area (Å²) in [4.78, 5) is 27.6. The lowest BCUT2D eigenvalue weighted by Gasteiger charge is -2.37. The maximum Gasteiger partial charge on any atom is 0.198 e. The highest BCUT2D eigenvalue weighted by molar-refractivity contribution is 6.31. The predicted octanol–water partition coefficient (Wildman–Crippen LogP) is 2.28. The quantitative estimate of drug-likeness (QED) is 0.201. The summed E-state index contributed by atoms with van der Waals surface area (Å²) >= 11 is 0. The fourth-order valence-corrected chi connectivity index (χ4v) is 6.12. The van der Waals surface area contributed by atoms with Crippen molar-refractivity contribution in [2.24, 2.45) is 11.7 Å². The lowest BCUT2D eigenvalue weighted by atomic mass is 9.69. The SMILES string of the molecule is CC(C)C[C@@]12O[C@]13c1cc(O)c4c(c1N[C@H]2C#C/C=C\C#C[C@H]3O)C(=O)c1ccc(NCCN)cc1C4=O. The van der Waals surface area contributed by atoms with Gasteiger partial charge >= 0.3 is 0 Å². The minimum absolute atomic E-state index is 0.0488. The summed E-state index contributed by atoms with van der Waals surface area (Å²) in [6.45, 7) is 5.00. The molecule has 0 spiro atoms. The predicted molar refractivity (Wildman–Crippen MR) is 142 cm³/mol. The highest BCUT2D eigenvalue weighted by Gasteiger charge is 2.79. The highest BCUT2D eigenvalue weighted by atomic mass is 16.6. The van der Waals surface area contributed by atoms with Crippen molar-refractivity contribution in [1.82, 2.24) is 0 Å². The number of epoxide rings is 1. The smallest absolute Gasteiger partial charge is 0.198 e. The van der Waals surface area contributed by atoms with Crippen molar-refractivity contribution < 1.29 is 24.5 Å². The number of rotatable bonds is 5. The number of allylic oxidation sites excluding steroid dienone is 2. The Kier molecular flexibility index (Phi) is 5.41. The van der Waals surface area contributed by atoms with E-state index in [0.29, 0.717) is 36.4 Å². The van der Waals surface area contributed by atoms with Crippen molar-refractivity contribution in [1.29, 1.82) is 0 Å². The molecule has 2 aromatic carbocycles. The minimum atomic E-state index is -1.33. The molecule has 6 N–H and O–H groups in total. The maximum atomic E-state index is 13.9. The first-order chi connectivity index (χ1) is 18.2. The lowest BCUT2D eigenvalue weighted by Crippen LogP contribution is -2.50. The van der Waals surface area contributed by atoms with Gasteiger partial charge in [0.25, 0.3) is 0 Å². The van der Waals surface area contributed by atoms with Crippen LogP contribution in [0, 0.1) is 29.6 Å². The van der Waals surface area contributed by atoms with Crippen LogP contribution >= 0.6 is 0 Å². The Morgan fingerprint density at radius 2 is 1.84 bits per heavy atom. The molecule has 2 aromatic rings. The van der Waals surface area contributed by atoms with Crippen molar-refractivity contribution in [3.05, 3.63) is 64.2 Å². The number of anilines is 2. The van der Waals surface area contributed by atoms with Gasteiger partial charge in [0.15, 0.2) is 23.3 Å². The molecular formula is C30H27N3O5. The Labute approximate surface area is 220 Å². The van der Waals surface area contributed by atoms with Crippen molar-refractivity contribution in [3.8, 4) is 29.4 Å². The van der Waals surface area contributed by atoms with Crippen LogP contribution in [0.2, 0.25) is 0 Å². The minimum Gasteiger partial charge on any atom is -0.507 e. The van der Waals surface area contributed by atoms with Crippen LogP contribution in [0.1, 0.15) is 57.7 Å². The number of hydrogen-bond donors (Lipinski definition) is 5. The average molecular weight is 510 g/mol. The third kappa shape index (κ3) is 3.18. The molecule has 38 heavy (non-hydrogen) atoms. The third-order valence-electron chi connectivity index (χ3n) is 7.62. The molecule has 0 saturated carbocycles. The molecule has 0 radical (unpaired) electrons. The van der Waals surface area contributed by atoms with Crippen LogP contribution < -0.4 is 16.4 Å². The van der Waals surface area contributed by atoms with E-state index in [4.69, 9.17) is 10.5 Å². The first-order valence-electron chi connectivity index (χ1n) is 12.6. The summed E-state index contributed by atoms with van der Waals surface area (Å²) in [5, 5.41) is 29.1. The van der Waals surface area contributed by atoms with Gasteiger partial charge < -0.3 is 31.3 Å². The van der Waals surface area contributed by atoms with E-state index in [1.165, 1.54) is 6.07 Å². The van der Waals surface area contributed by atoms with E-state index in [-0.39, 0.29) is 33.9 Å². The van der Waals surface area contributed by atoms with Crippen LogP contribution in [0.5, 0.6) is 5.75 Å². The molecule has 0 aromatic heterocycles. The Balaban J connectivity index is 1.58. The molecule has 6 rings (SSSR count). The summed E-state index contributed by atoms with van der Waals surface area (Å²) in [5.41, 5.74) is 5.06. The molecule has 4 aliphatic rings. The van der Waals surface area contributed by atoms with E-state index in [1.807, 2.05) is 13.8 Å². The van der Waals surface area contributed by atoms with Crippen LogP contribution in [0.4, 0.5) is 11.4 Å². The van der Waals surface area contributed by atoms with Crippen molar-refractivity contribution in [3.63, 3.8) is 0 Å². The number of aromatic hydroxyl groups is 1. The van der Waals surface area contributed by atoms with Crippen LogP contribution in [-0.4, -0.2) is 52.6 Å². The average Bonchev–Trinajstić information content (AvgIpc) is 3.58. The lowest BCUT2D eigenvalue weighted by molar-refractivity contribution is 0.0975. The molecule has 1 fully saturated rings. The second-order valence-electron chi connectivity index (χ2n) is 10.4. The van der Waals surface area contributed by atoms with Gasteiger partial charge in [0, 0.05) is 35.5 Å². The molecular weight excluding hydrogens is 482 g/mol. The zero-order valence-corrected chi connectivity index (χ0v) is 21.0. The molecule has 1 saturated heterocycles. The van der Waals surface area contributed by atoms with Crippen molar-refractivity contribution in [2.75, 3.05) is 23.7 Å². The number of fused-ring (bicyclic) bond motifs is 4. The van der Waals surface area contributed by atoms with E-state index < -0.39 is 34.9 Å². The van der Waals surface area contributed by atoms with E-state index in [2.05, 4.69) is 34.3 Å². The maximum absolute atomic E-state index is 13.9. The summed E-state index contributed by atoms with van der Waals surface area (Å²) in [6, 6.07) is 5.75. The van der Waals surface area contributed by atoms with Gasteiger partial charge in [0.05, 0.1) is 16.8 Å². The second kappa shape index (κ2) is 8.47. The van der Waals surface area contributed by atoms with Crippen LogP contribution in [0.3, 0.4) is 0 Å². The zero-order valence-electron chi connectivity index (χ0n) is 21.0. The number of benzene rings is 2. The van der Waals surface area contributed by atoms with Crippen molar-refractivity contribution in [2.45, 2.75) is 43.6 Å². The summed E-state index contributed by atoms with van der Waals surface area (Å²) in [6.07, 6.45) is 2.45. The Morgan fingerprint density at radius 3 is 2.58 bits per heavy atom. The Hall–Kier alpha value is -4.08. The largest absolute Gasteiger partial charge is 0.507 e. The molecule has 8 nitrogen and oxygen atoms in total. The fraction of sp³-hybridized carbons (Fsp3) is 0.333. The zero-order chi connectivity index (χ0) is 26.8. The summed E-state index contributed by atoms with van der Waals surface area (Å²) < 4.78 is 6.46. The number of nitrogens with one attached hydrogen (secondary N) is 2. The molecule has 2 aliphatic heterocycles. The van der Waals surface area contributed by atoms with E-state index in [0.717, 1.165) is 0 Å². The third-order valence-corrected chi connectivity index (χ3v) is 7.62. The monoisotopic (exact) mass is 509 g/mol. The molecule has 4 atom stereocenters. The number of ether oxygens (including phenoxy) is 1. The standard InChI is InChI=1S/C30H27N3O5/c1-16(2)15-29-22-7-5-3-4-6-8-23(35)30(29,38-29)20-14-21(34)24-25(26(20)33-22)27(36)18-10-9-17(32-12-11-31)13-19(18)28(24)37/h3-4,9-10,13-14,16,22-23,32-35H,11-12,15,31H2,1-2H3/b4-3-/t22-,23+,29-,30-/m0/s1. The number of carbonyl (C=O) groups is 2. The first-order valence-corrected chi connectivity index (χ1v) is 12.6. The van der Waals surface area contributed by atoms with Gasteiger partial charge in [-0.15, -0.1) is 0 Å². The van der Waals surface area contributed by atoms with Crippen LogP contribution in [0.15, 0.2) is 36.4 Å². The van der Waals surface area contributed by atoms with E-state index in [1.54, 1.807) is 30.4 Å². The van der Waals surface area contributed by atoms with Crippen LogP contribution in [-0.2, 0) is 10.3 Å². The van der Waals surface area contributed by atoms with Gasteiger partial charge in [0.2, 0.25) is 0 Å². The van der Waals surface area contributed by atoms with E-state index >= 15 is 0 Å². The van der Waals surface area contributed by atoms with Gasteiger partial charge in [0.1, 0.15) is 17.4 Å². The van der Waals surface area contributed by atoms with Crippen LogP contribution in [0.25, 0.3) is 0 Å². The number of hydrogen-bond acceptors (Lipinski definition) is 8. The topological polar surface area (TPSA) is 137 Å². The van der Waals surface area contributed by atoms with Gasteiger partial charge in [-0.25, -0.2) is 0 Å². The summed E-state index contributed by atoms with van der Waals surface area (Å²) in [5.74, 6) is 10.8. The fourth-order valence-electron chi connectivity index (χ4n) is 6.12. The number of phenolic OH excluding ortho intramolecular Hbond substituents is 1. The number of aliphatic hydroxyl groups is 1. The Bertz CT molecular complexity index is 1570. The van der Waals surface area contributed by atoms with Gasteiger partial charge in [-0.05, 0) is 48.8 Å². The van der Waals surface area contributed by atoms with Gasteiger partial charge in [-0.1, -0.05) is 37.5 Å². The van der Waals surface area contributed by atoms with Crippen molar-refractivity contribution >= 4 is 22.9 Å². The molecule has 2 bridgehead atoms. The molecule has 2 heterocycles. The molecule has 192 valence electrons. The van der Waals surface area contributed by atoms with E-state index in [9.17, 15) is 19.8 Å². The number of aliphatic hydroxyl groups excluding tert-OH is 1. The number of nitrogens with two attached hydrogens (primary N) is 1.